The van der Waals surface area contributed by atoms with Crippen LogP contribution in [0, 0.1) is 19.8 Å². The summed E-state index contributed by atoms with van der Waals surface area (Å²) < 4.78 is 34.4. The number of hydrogen-bond acceptors (Lipinski definition) is 5. The number of imidazole rings is 1. The molecule has 3 rings (SSSR count). The number of rotatable bonds is 4. The van der Waals surface area contributed by atoms with Crippen molar-refractivity contribution in [1.82, 2.24) is 19.0 Å². The molecule has 1 aliphatic rings. The van der Waals surface area contributed by atoms with Crippen LogP contribution in [0.5, 0.6) is 0 Å². The molecule has 0 radical (unpaired) electrons. The lowest BCUT2D eigenvalue weighted by Crippen LogP contribution is -2.41. The van der Waals surface area contributed by atoms with Crippen molar-refractivity contribution in [3.8, 4) is 0 Å². The smallest absolute Gasteiger partial charge is 0.248 e. The van der Waals surface area contributed by atoms with E-state index in [9.17, 15) is 8.42 Å². The minimum absolute atomic E-state index is 0.218. The maximum atomic E-state index is 12.9. The summed E-state index contributed by atoms with van der Waals surface area (Å²) in [5, 5.41) is 3.77. The van der Waals surface area contributed by atoms with Crippen molar-refractivity contribution in [2.45, 2.75) is 38.0 Å². The van der Waals surface area contributed by atoms with Gasteiger partial charge in [0.2, 0.25) is 10.0 Å². The number of aryl methyl sites for hydroxylation is 3. The van der Waals surface area contributed by atoms with Gasteiger partial charge in [0, 0.05) is 39.0 Å². The number of hydrogen-bond donors (Lipinski definition) is 0. The van der Waals surface area contributed by atoms with Crippen molar-refractivity contribution < 1.29 is 12.9 Å². The second kappa shape index (κ2) is 6.09. The van der Waals surface area contributed by atoms with Gasteiger partial charge < -0.3 is 9.09 Å². The monoisotopic (exact) mass is 338 g/mol. The SMILES string of the molecule is Cc1noc(C)c1S(=O)(=O)N1CCCC(Cc2nccn2C)C1. The molecule has 1 unspecified atom stereocenters. The molecule has 0 aliphatic carbocycles. The molecule has 0 spiro atoms. The summed E-state index contributed by atoms with van der Waals surface area (Å²) in [6.07, 6.45) is 6.35. The Morgan fingerprint density at radius 3 is 2.78 bits per heavy atom. The van der Waals surface area contributed by atoms with E-state index < -0.39 is 10.0 Å². The van der Waals surface area contributed by atoms with Crippen LogP contribution in [-0.4, -0.2) is 40.5 Å². The van der Waals surface area contributed by atoms with Crippen LogP contribution in [0.15, 0.2) is 21.8 Å². The van der Waals surface area contributed by atoms with Crippen molar-refractivity contribution >= 4 is 10.0 Å². The molecule has 0 bridgehead atoms. The van der Waals surface area contributed by atoms with E-state index in [1.807, 2.05) is 17.8 Å². The standard InChI is InChI=1S/C15H22N4O3S/c1-11-15(12(2)22-17-11)23(20,21)19-7-4-5-13(10-19)9-14-16-6-8-18(14)3/h6,8,13H,4-5,7,9-10H2,1-3H3. The van der Waals surface area contributed by atoms with Gasteiger partial charge in [0.25, 0.3) is 0 Å². The lowest BCUT2D eigenvalue weighted by Gasteiger charge is -2.31. The molecule has 2 aromatic rings. The van der Waals surface area contributed by atoms with Crippen LogP contribution in [-0.2, 0) is 23.5 Å². The Labute approximate surface area is 136 Å². The maximum Gasteiger partial charge on any atom is 0.248 e. The van der Waals surface area contributed by atoms with E-state index in [0.29, 0.717) is 24.5 Å². The normalized spacial score (nSPS) is 20.0. The fourth-order valence-corrected chi connectivity index (χ4v) is 5.08. The van der Waals surface area contributed by atoms with Crippen LogP contribution < -0.4 is 0 Å². The molecular formula is C15H22N4O3S. The summed E-state index contributed by atoms with van der Waals surface area (Å²) in [7, 11) is -1.59. The molecule has 3 heterocycles. The van der Waals surface area contributed by atoms with Crippen LogP contribution in [0.4, 0.5) is 0 Å². The van der Waals surface area contributed by atoms with E-state index in [-0.39, 0.29) is 10.8 Å². The van der Waals surface area contributed by atoms with Gasteiger partial charge in [-0.25, -0.2) is 13.4 Å². The Hall–Kier alpha value is -1.67. The predicted octanol–water partition coefficient (Wildman–Crippen LogP) is 1.67. The zero-order chi connectivity index (χ0) is 16.6. The highest BCUT2D eigenvalue weighted by Crippen LogP contribution is 2.28. The first-order valence-electron chi connectivity index (χ1n) is 7.79. The van der Waals surface area contributed by atoms with Gasteiger partial charge in [0.05, 0.1) is 0 Å². The molecular weight excluding hydrogens is 316 g/mol. The Bertz CT molecular complexity index is 774. The van der Waals surface area contributed by atoms with Crippen molar-refractivity contribution in [2.24, 2.45) is 13.0 Å². The lowest BCUT2D eigenvalue weighted by atomic mass is 9.96. The Kier molecular flexibility index (Phi) is 4.29. The molecule has 1 saturated heterocycles. The summed E-state index contributed by atoms with van der Waals surface area (Å²) in [6.45, 7) is 4.36. The van der Waals surface area contributed by atoms with E-state index in [1.54, 1.807) is 24.3 Å². The molecule has 0 amide bonds. The van der Waals surface area contributed by atoms with Gasteiger partial charge in [-0.3, -0.25) is 0 Å². The van der Waals surface area contributed by atoms with Crippen LogP contribution in [0.3, 0.4) is 0 Å². The minimum atomic E-state index is -3.55. The first kappa shape index (κ1) is 16.2. The van der Waals surface area contributed by atoms with Gasteiger partial charge in [-0.2, -0.15) is 4.31 Å². The van der Waals surface area contributed by atoms with Crippen molar-refractivity contribution in [2.75, 3.05) is 13.1 Å². The molecule has 1 atom stereocenters. The molecule has 8 heteroatoms. The molecule has 2 aromatic heterocycles. The minimum Gasteiger partial charge on any atom is -0.360 e. The molecule has 7 nitrogen and oxygen atoms in total. The number of nitrogens with zero attached hydrogens (tertiary/aromatic N) is 4. The number of sulfonamides is 1. The summed E-state index contributed by atoms with van der Waals surface area (Å²) in [5.74, 6) is 1.63. The molecule has 1 aliphatic heterocycles. The van der Waals surface area contributed by atoms with Crippen LogP contribution >= 0.6 is 0 Å². The van der Waals surface area contributed by atoms with E-state index >= 15 is 0 Å². The maximum absolute atomic E-state index is 12.9. The summed E-state index contributed by atoms with van der Waals surface area (Å²) in [4.78, 5) is 4.56. The Morgan fingerprint density at radius 2 is 2.17 bits per heavy atom. The van der Waals surface area contributed by atoms with Gasteiger partial charge in [-0.15, -0.1) is 0 Å². The molecule has 0 N–H and O–H groups in total. The van der Waals surface area contributed by atoms with Gasteiger partial charge in [0.1, 0.15) is 16.4 Å². The third-order valence-corrected chi connectivity index (χ3v) is 6.55. The van der Waals surface area contributed by atoms with Gasteiger partial charge >= 0.3 is 0 Å². The highest BCUT2D eigenvalue weighted by molar-refractivity contribution is 7.89. The largest absolute Gasteiger partial charge is 0.360 e. The van der Waals surface area contributed by atoms with E-state index in [4.69, 9.17) is 4.52 Å². The number of piperidine rings is 1. The Balaban J connectivity index is 1.79. The third-order valence-electron chi connectivity index (χ3n) is 4.44. The summed E-state index contributed by atoms with van der Waals surface area (Å²) in [5.41, 5.74) is 0.425. The topological polar surface area (TPSA) is 81.2 Å². The average molecular weight is 338 g/mol. The molecule has 1 fully saturated rings. The fourth-order valence-electron chi connectivity index (χ4n) is 3.24. The lowest BCUT2D eigenvalue weighted by molar-refractivity contribution is 0.261. The fraction of sp³-hybridized carbons (Fsp3) is 0.600. The first-order valence-corrected chi connectivity index (χ1v) is 9.23. The second-order valence-electron chi connectivity index (χ2n) is 6.18. The zero-order valence-corrected chi connectivity index (χ0v) is 14.5. The molecule has 0 aromatic carbocycles. The van der Waals surface area contributed by atoms with Crippen molar-refractivity contribution in [1.29, 1.82) is 0 Å². The van der Waals surface area contributed by atoms with Crippen molar-refractivity contribution in [3.05, 3.63) is 29.7 Å². The van der Waals surface area contributed by atoms with Gasteiger partial charge in [0.15, 0.2) is 5.76 Å². The number of aromatic nitrogens is 3. The van der Waals surface area contributed by atoms with Crippen LogP contribution in [0.25, 0.3) is 0 Å². The van der Waals surface area contributed by atoms with E-state index in [0.717, 1.165) is 25.1 Å². The highest BCUT2D eigenvalue weighted by atomic mass is 32.2. The zero-order valence-electron chi connectivity index (χ0n) is 13.7. The summed E-state index contributed by atoms with van der Waals surface area (Å²) >= 11 is 0. The van der Waals surface area contributed by atoms with E-state index in [1.165, 1.54) is 0 Å². The molecule has 0 saturated carbocycles. The van der Waals surface area contributed by atoms with Gasteiger partial charge in [-0.1, -0.05) is 5.16 Å². The third kappa shape index (κ3) is 3.05. The molecule has 126 valence electrons. The van der Waals surface area contributed by atoms with Gasteiger partial charge in [-0.05, 0) is 32.6 Å². The van der Waals surface area contributed by atoms with Crippen LogP contribution in [0.1, 0.15) is 30.1 Å². The second-order valence-corrected chi connectivity index (χ2v) is 8.06. The summed E-state index contributed by atoms with van der Waals surface area (Å²) in [6, 6.07) is 0. The quantitative estimate of drug-likeness (QED) is 0.847. The highest BCUT2D eigenvalue weighted by Gasteiger charge is 2.34. The predicted molar refractivity (Wildman–Crippen MR) is 84.4 cm³/mol. The first-order chi connectivity index (χ1) is 10.9. The van der Waals surface area contributed by atoms with Crippen LogP contribution in [0.2, 0.25) is 0 Å². The molecule has 23 heavy (non-hydrogen) atoms. The Morgan fingerprint density at radius 1 is 1.39 bits per heavy atom. The van der Waals surface area contributed by atoms with Crippen molar-refractivity contribution in [3.63, 3.8) is 0 Å². The average Bonchev–Trinajstić information content (AvgIpc) is 3.06. The van der Waals surface area contributed by atoms with E-state index in [2.05, 4.69) is 10.1 Å².